The Morgan fingerprint density at radius 1 is 0.647 bits per heavy atom. The zero-order valence-corrected chi connectivity index (χ0v) is 21.8. The Bertz CT molecular complexity index is 1110. The van der Waals surface area contributed by atoms with Gasteiger partial charge in [-0.1, -0.05) is 128 Å². The van der Waals surface area contributed by atoms with Crippen LogP contribution >= 0.6 is 19.5 Å². The second-order valence-electron chi connectivity index (χ2n) is 8.94. The fourth-order valence-corrected chi connectivity index (χ4v) is 9.33. The molecule has 0 spiro atoms. The summed E-state index contributed by atoms with van der Waals surface area (Å²) in [6.45, 7) is 3.05. The number of nitrogens with zero attached hydrogens (tertiary/aromatic N) is 1. The highest BCUT2D eigenvalue weighted by atomic mass is 35.5. The molecule has 0 saturated heterocycles. The van der Waals surface area contributed by atoms with Gasteiger partial charge in [-0.25, -0.2) is 0 Å². The van der Waals surface area contributed by atoms with Gasteiger partial charge < -0.3 is 9.46 Å². The second kappa shape index (κ2) is 11.2. The van der Waals surface area contributed by atoms with Crippen LogP contribution in [0.3, 0.4) is 0 Å². The maximum Gasteiger partial charge on any atom is 0.157 e. The van der Waals surface area contributed by atoms with Gasteiger partial charge in [0.15, 0.2) is 7.14 Å². The van der Waals surface area contributed by atoms with E-state index in [-0.39, 0.29) is 18.3 Å². The SMILES string of the molecule is CC(CN(C)C)C(c1ccccc1)(c1ccccc1)P(=O)(c1ccccc1)c1ccccc1.Cl. The summed E-state index contributed by atoms with van der Waals surface area (Å²) in [5.41, 5.74) is 2.17. The maximum atomic E-state index is 16.0. The molecule has 0 aromatic heterocycles. The van der Waals surface area contributed by atoms with Gasteiger partial charge in [0.2, 0.25) is 0 Å². The number of hydrogen-bond donors (Lipinski definition) is 0. The first-order valence-electron chi connectivity index (χ1n) is 11.5. The van der Waals surface area contributed by atoms with Crippen LogP contribution in [0.4, 0.5) is 0 Å². The van der Waals surface area contributed by atoms with E-state index < -0.39 is 12.3 Å². The van der Waals surface area contributed by atoms with Crippen molar-refractivity contribution < 1.29 is 4.57 Å². The highest BCUT2D eigenvalue weighted by Gasteiger charge is 2.55. The molecule has 0 amide bonds. The van der Waals surface area contributed by atoms with Gasteiger partial charge in [0, 0.05) is 17.2 Å². The standard InChI is InChI=1S/C30H32NOP.ClH/c1-25(24-31(2)3)30(26-16-8-4-9-17-26,27-18-10-5-11-19-27)33(32,28-20-12-6-13-21-28)29-22-14-7-15-23-29;/h4-23,25H,24H2,1-3H3;1H. The zero-order valence-electron chi connectivity index (χ0n) is 20.0. The first kappa shape index (κ1) is 26.0. The molecule has 0 saturated carbocycles. The molecule has 34 heavy (non-hydrogen) atoms. The van der Waals surface area contributed by atoms with E-state index >= 15 is 4.57 Å². The first-order valence-corrected chi connectivity index (χ1v) is 13.2. The molecule has 4 rings (SSSR count). The highest BCUT2D eigenvalue weighted by Crippen LogP contribution is 2.67. The summed E-state index contributed by atoms with van der Waals surface area (Å²) in [4.78, 5) is 2.20. The lowest BCUT2D eigenvalue weighted by atomic mass is 9.80. The van der Waals surface area contributed by atoms with Crippen LogP contribution in [0.15, 0.2) is 121 Å². The molecular formula is C30H33ClNOP. The molecule has 0 aliphatic carbocycles. The Morgan fingerprint density at radius 3 is 1.29 bits per heavy atom. The van der Waals surface area contributed by atoms with Crippen LogP contribution in [0.1, 0.15) is 18.1 Å². The zero-order chi connectivity index (χ0) is 23.3. The van der Waals surface area contributed by atoms with Crippen LogP contribution in [0, 0.1) is 5.92 Å². The van der Waals surface area contributed by atoms with E-state index in [4.69, 9.17) is 0 Å². The Labute approximate surface area is 210 Å². The normalized spacial score (nSPS) is 12.7. The minimum Gasteiger partial charge on any atom is -0.312 e. The van der Waals surface area contributed by atoms with Crippen LogP contribution in [0.5, 0.6) is 0 Å². The van der Waals surface area contributed by atoms with E-state index in [2.05, 4.69) is 74.4 Å². The van der Waals surface area contributed by atoms with Crippen LogP contribution < -0.4 is 10.6 Å². The van der Waals surface area contributed by atoms with Gasteiger partial charge in [0.1, 0.15) is 0 Å². The molecule has 176 valence electrons. The van der Waals surface area contributed by atoms with Gasteiger partial charge in [0.05, 0.1) is 5.16 Å². The summed E-state index contributed by atoms with van der Waals surface area (Å²) in [6.07, 6.45) is 0. The minimum atomic E-state index is -3.25. The summed E-state index contributed by atoms with van der Waals surface area (Å²) < 4.78 is 16.0. The summed E-state index contributed by atoms with van der Waals surface area (Å²) in [6, 6.07) is 41.1. The number of rotatable bonds is 8. The third-order valence-corrected chi connectivity index (χ3v) is 10.5. The van der Waals surface area contributed by atoms with Crippen molar-refractivity contribution in [1.82, 2.24) is 4.90 Å². The van der Waals surface area contributed by atoms with Crippen LogP contribution in [0.25, 0.3) is 0 Å². The Morgan fingerprint density at radius 2 is 0.971 bits per heavy atom. The lowest BCUT2D eigenvalue weighted by molar-refractivity contribution is 0.300. The van der Waals surface area contributed by atoms with Crippen molar-refractivity contribution in [2.75, 3.05) is 20.6 Å². The van der Waals surface area contributed by atoms with E-state index in [0.29, 0.717) is 0 Å². The summed E-state index contributed by atoms with van der Waals surface area (Å²) >= 11 is 0. The summed E-state index contributed by atoms with van der Waals surface area (Å²) in [5, 5.41) is 1.02. The molecule has 0 N–H and O–H groups in total. The molecule has 0 radical (unpaired) electrons. The Hall–Kier alpha value is -2.64. The predicted molar refractivity (Wildman–Crippen MR) is 148 cm³/mol. The molecule has 0 aliphatic heterocycles. The molecule has 1 atom stereocenters. The van der Waals surface area contributed by atoms with E-state index in [0.717, 1.165) is 28.3 Å². The lowest BCUT2D eigenvalue weighted by Gasteiger charge is -2.47. The predicted octanol–water partition coefficient (Wildman–Crippen LogP) is 6.56. The van der Waals surface area contributed by atoms with Crippen molar-refractivity contribution in [3.63, 3.8) is 0 Å². The number of halogens is 1. The van der Waals surface area contributed by atoms with Crippen molar-refractivity contribution in [2.45, 2.75) is 12.1 Å². The lowest BCUT2D eigenvalue weighted by Crippen LogP contribution is -2.45. The Kier molecular flexibility index (Phi) is 8.55. The molecule has 1 unspecified atom stereocenters. The van der Waals surface area contributed by atoms with Gasteiger partial charge in [0.25, 0.3) is 0 Å². The third kappa shape index (κ3) is 4.51. The van der Waals surface area contributed by atoms with Crippen molar-refractivity contribution in [1.29, 1.82) is 0 Å². The van der Waals surface area contributed by atoms with Gasteiger partial charge in [-0.15, -0.1) is 12.4 Å². The maximum absolute atomic E-state index is 16.0. The van der Waals surface area contributed by atoms with E-state index in [1.165, 1.54) is 0 Å². The summed E-state index contributed by atoms with van der Waals surface area (Å²) in [5.74, 6) is 0.0588. The van der Waals surface area contributed by atoms with E-state index in [1.54, 1.807) is 0 Å². The van der Waals surface area contributed by atoms with Gasteiger partial charge in [-0.05, 0) is 31.1 Å². The number of benzene rings is 4. The Balaban J connectivity index is 0.00000324. The molecule has 4 aromatic carbocycles. The monoisotopic (exact) mass is 489 g/mol. The quantitative estimate of drug-likeness (QED) is 0.261. The molecule has 0 fully saturated rings. The van der Waals surface area contributed by atoms with Gasteiger partial charge >= 0.3 is 0 Å². The molecule has 0 heterocycles. The smallest absolute Gasteiger partial charge is 0.157 e. The highest BCUT2D eigenvalue weighted by molar-refractivity contribution is 7.80. The molecule has 0 bridgehead atoms. The largest absolute Gasteiger partial charge is 0.312 e. The van der Waals surface area contributed by atoms with Gasteiger partial charge in [-0.3, -0.25) is 0 Å². The van der Waals surface area contributed by atoms with Crippen molar-refractivity contribution in [3.8, 4) is 0 Å². The number of hydrogen-bond acceptors (Lipinski definition) is 2. The molecular weight excluding hydrogens is 457 g/mol. The van der Waals surface area contributed by atoms with Crippen molar-refractivity contribution in [2.24, 2.45) is 5.92 Å². The molecule has 4 heteroatoms. The fraction of sp³-hybridized carbons (Fsp3) is 0.200. The fourth-order valence-electron chi connectivity index (χ4n) is 5.31. The minimum absolute atomic E-state index is 0. The first-order chi connectivity index (χ1) is 16.0. The van der Waals surface area contributed by atoms with Crippen LogP contribution in [0.2, 0.25) is 0 Å². The molecule has 4 aromatic rings. The third-order valence-electron chi connectivity index (χ3n) is 6.52. The average molecular weight is 490 g/mol. The van der Waals surface area contributed by atoms with E-state index in [9.17, 15) is 0 Å². The summed E-state index contributed by atoms with van der Waals surface area (Å²) in [7, 11) is 0.933. The van der Waals surface area contributed by atoms with Crippen molar-refractivity contribution in [3.05, 3.63) is 132 Å². The van der Waals surface area contributed by atoms with Crippen LogP contribution in [-0.2, 0) is 9.72 Å². The van der Waals surface area contributed by atoms with Gasteiger partial charge in [-0.2, -0.15) is 0 Å². The molecule has 2 nitrogen and oxygen atoms in total. The van der Waals surface area contributed by atoms with E-state index in [1.807, 2.05) is 72.8 Å². The molecule has 0 aliphatic rings. The van der Waals surface area contributed by atoms with Crippen molar-refractivity contribution >= 4 is 30.2 Å². The average Bonchev–Trinajstić information content (AvgIpc) is 2.86. The van der Waals surface area contributed by atoms with Crippen LogP contribution in [-0.4, -0.2) is 25.5 Å². The topological polar surface area (TPSA) is 20.3 Å². The second-order valence-corrected chi connectivity index (χ2v) is 11.9.